The first-order valence-corrected chi connectivity index (χ1v) is 12.1. The van der Waals surface area contributed by atoms with Crippen molar-refractivity contribution in [2.24, 2.45) is 5.92 Å². The average molecular weight is 479 g/mol. The Morgan fingerprint density at radius 1 is 1.10 bits per heavy atom. The summed E-state index contributed by atoms with van der Waals surface area (Å²) in [6.07, 6.45) is 6.73. The van der Waals surface area contributed by atoms with Crippen LogP contribution in [0.2, 0.25) is 0 Å². The highest BCUT2D eigenvalue weighted by molar-refractivity contribution is 9.10. The minimum atomic E-state index is -3.55. The maximum absolute atomic E-state index is 13.1. The first-order chi connectivity index (χ1) is 13.9. The van der Waals surface area contributed by atoms with Crippen LogP contribution in [0.5, 0.6) is 5.75 Å². The van der Waals surface area contributed by atoms with E-state index in [2.05, 4.69) is 20.9 Å². The van der Waals surface area contributed by atoms with Crippen molar-refractivity contribution >= 4 is 31.9 Å². The smallest absolute Gasteiger partial charge is 0.314 e. The van der Waals surface area contributed by atoms with Crippen molar-refractivity contribution in [3.63, 3.8) is 0 Å². The van der Waals surface area contributed by atoms with Gasteiger partial charge in [0.05, 0.1) is 10.8 Å². The van der Waals surface area contributed by atoms with E-state index >= 15 is 0 Å². The van der Waals surface area contributed by atoms with Gasteiger partial charge in [0.1, 0.15) is 4.60 Å². The van der Waals surface area contributed by atoms with E-state index in [0.29, 0.717) is 41.2 Å². The summed E-state index contributed by atoms with van der Waals surface area (Å²) < 4.78 is 33.6. The number of ether oxygens (including phenoxy) is 1. The monoisotopic (exact) mass is 478 g/mol. The number of nitrogens with zero attached hydrogens (tertiary/aromatic N) is 2. The number of piperidine rings is 1. The van der Waals surface area contributed by atoms with Crippen molar-refractivity contribution in [3.8, 4) is 5.75 Å². The van der Waals surface area contributed by atoms with E-state index in [1.165, 1.54) is 16.3 Å². The zero-order valence-electron chi connectivity index (χ0n) is 16.0. The number of esters is 1. The van der Waals surface area contributed by atoms with Crippen molar-refractivity contribution in [3.05, 3.63) is 52.3 Å². The third-order valence-electron chi connectivity index (χ3n) is 5.68. The van der Waals surface area contributed by atoms with Gasteiger partial charge in [-0.25, -0.2) is 13.4 Å². The molecule has 0 N–H and O–H groups in total. The van der Waals surface area contributed by atoms with Gasteiger partial charge in [-0.15, -0.1) is 0 Å². The first kappa shape index (κ1) is 20.5. The van der Waals surface area contributed by atoms with E-state index in [9.17, 15) is 13.2 Å². The number of pyridine rings is 1. The van der Waals surface area contributed by atoms with Crippen LogP contribution in [0, 0.1) is 5.92 Å². The molecule has 0 amide bonds. The molecule has 0 spiro atoms. The van der Waals surface area contributed by atoms with Crippen LogP contribution in [0.15, 0.2) is 46.0 Å². The summed E-state index contributed by atoms with van der Waals surface area (Å²) in [6.45, 7) is 0.626. The standard InChI is InChI=1S/C21H23BrN2O4S/c22-20-19(6-3-11-23-20)28-21(25)16-9-12-24(13-10-16)29(26,27)18-8-7-15-4-1-2-5-17(15)14-18/h3,6-8,11,14,16H,1-2,4-5,9-10,12-13H2. The van der Waals surface area contributed by atoms with Crippen LogP contribution in [0.25, 0.3) is 0 Å². The predicted molar refractivity (Wildman–Crippen MR) is 112 cm³/mol. The average Bonchev–Trinajstić information content (AvgIpc) is 2.75. The first-order valence-electron chi connectivity index (χ1n) is 9.89. The highest BCUT2D eigenvalue weighted by Crippen LogP contribution is 2.29. The number of hydrogen-bond donors (Lipinski definition) is 0. The fraction of sp³-hybridized carbons (Fsp3) is 0.429. The lowest BCUT2D eigenvalue weighted by Gasteiger charge is -2.30. The van der Waals surface area contributed by atoms with Crippen LogP contribution in [0.1, 0.15) is 36.8 Å². The van der Waals surface area contributed by atoms with E-state index in [4.69, 9.17) is 4.74 Å². The van der Waals surface area contributed by atoms with Gasteiger partial charge in [-0.05, 0) is 89.8 Å². The van der Waals surface area contributed by atoms with E-state index < -0.39 is 10.0 Å². The van der Waals surface area contributed by atoms with Gasteiger partial charge in [-0.3, -0.25) is 4.79 Å². The molecule has 6 nitrogen and oxygen atoms in total. The number of hydrogen-bond acceptors (Lipinski definition) is 5. The van der Waals surface area contributed by atoms with Crippen LogP contribution < -0.4 is 4.74 Å². The zero-order valence-corrected chi connectivity index (χ0v) is 18.4. The van der Waals surface area contributed by atoms with Gasteiger partial charge >= 0.3 is 5.97 Å². The lowest BCUT2D eigenvalue weighted by Crippen LogP contribution is -2.41. The molecule has 2 heterocycles. The van der Waals surface area contributed by atoms with Crippen molar-refractivity contribution in [2.45, 2.75) is 43.4 Å². The Balaban J connectivity index is 1.41. The number of carbonyl (C=O) groups is 1. The quantitative estimate of drug-likeness (QED) is 0.494. The molecule has 0 radical (unpaired) electrons. The van der Waals surface area contributed by atoms with Crippen LogP contribution >= 0.6 is 15.9 Å². The summed E-state index contributed by atoms with van der Waals surface area (Å²) in [5, 5.41) is 0. The number of rotatable bonds is 4. The van der Waals surface area contributed by atoms with Gasteiger partial charge in [0.25, 0.3) is 0 Å². The van der Waals surface area contributed by atoms with E-state index in [-0.39, 0.29) is 11.9 Å². The number of benzene rings is 1. The maximum atomic E-state index is 13.1. The second-order valence-electron chi connectivity index (χ2n) is 7.53. The number of carbonyl (C=O) groups excluding carboxylic acids is 1. The second kappa shape index (κ2) is 8.53. The molecule has 1 fully saturated rings. The fourth-order valence-electron chi connectivity index (χ4n) is 3.99. The van der Waals surface area contributed by atoms with Crippen LogP contribution in [-0.2, 0) is 27.7 Å². The molecule has 0 atom stereocenters. The van der Waals surface area contributed by atoms with Crippen molar-refractivity contribution < 1.29 is 17.9 Å². The van der Waals surface area contributed by atoms with Gasteiger partial charge < -0.3 is 4.74 Å². The Labute approximate surface area is 179 Å². The van der Waals surface area contributed by atoms with Crippen LogP contribution in [0.4, 0.5) is 0 Å². The number of halogens is 1. The summed E-state index contributed by atoms with van der Waals surface area (Å²) in [7, 11) is -3.55. The molecular weight excluding hydrogens is 456 g/mol. The molecule has 2 aliphatic rings. The molecule has 29 heavy (non-hydrogen) atoms. The maximum Gasteiger partial charge on any atom is 0.314 e. The van der Waals surface area contributed by atoms with Gasteiger partial charge in [0.2, 0.25) is 10.0 Å². The number of aromatic nitrogens is 1. The fourth-order valence-corrected chi connectivity index (χ4v) is 5.84. The molecule has 4 rings (SSSR count). The molecule has 154 valence electrons. The second-order valence-corrected chi connectivity index (χ2v) is 10.2. The summed E-state index contributed by atoms with van der Waals surface area (Å²) in [4.78, 5) is 16.9. The predicted octanol–water partition coefficient (Wildman–Crippen LogP) is 3.73. The molecule has 0 unspecified atom stereocenters. The van der Waals surface area contributed by atoms with Gasteiger partial charge in [-0.1, -0.05) is 6.07 Å². The third kappa shape index (κ3) is 4.39. The summed E-state index contributed by atoms with van der Waals surface area (Å²) in [5.41, 5.74) is 2.41. The van der Waals surface area contributed by atoms with Gasteiger partial charge in [0.15, 0.2) is 5.75 Å². The molecule has 1 aromatic carbocycles. The normalized spacial score (nSPS) is 18.2. The Morgan fingerprint density at radius 3 is 2.55 bits per heavy atom. The largest absolute Gasteiger partial charge is 0.423 e. The summed E-state index contributed by atoms with van der Waals surface area (Å²) in [5.74, 6) is -0.289. The van der Waals surface area contributed by atoms with E-state index in [0.717, 1.165) is 24.8 Å². The van der Waals surface area contributed by atoms with E-state index in [1.54, 1.807) is 24.4 Å². The van der Waals surface area contributed by atoms with Crippen molar-refractivity contribution in [2.75, 3.05) is 13.1 Å². The molecule has 0 bridgehead atoms. The van der Waals surface area contributed by atoms with Crippen LogP contribution in [-0.4, -0.2) is 36.8 Å². The Hall–Kier alpha value is -1.77. The highest BCUT2D eigenvalue weighted by atomic mass is 79.9. The Bertz CT molecular complexity index is 1020. The SMILES string of the molecule is O=C(Oc1cccnc1Br)C1CCN(S(=O)(=O)c2ccc3c(c2)CCCC3)CC1. The minimum absolute atomic E-state index is 0.313. The molecule has 1 saturated heterocycles. The van der Waals surface area contributed by atoms with Crippen LogP contribution in [0.3, 0.4) is 0 Å². The van der Waals surface area contributed by atoms with E-state index in [1.807, 2.05) is 12.1 Å². The highest BCUT2D eigenvalue weighted by Gasteiger charge is 2.33. The Kier molecular flexibility index (Phi) is 6.03. The lowest BCUT2D eigenvalue weighted by molar-refractivity contribution is -0.140. The molecule has 1 aromatic heterocycles. The molecule has 0 saturated carbocycles. The third-order valence-corrected chi connectivity index (χ3v) is 8.17. The van der Waals surface area contributed by atoms with Crippen molar-refractivity contribution in [1.82, 2.24) is 9.29 Å². The molecule has 8 heteroatoms. The Morgan fingerprint density at radius 2 is 1.83 bits per heavy atom. The molecule has 2 aromatic rings. The molecule has 1 aliphatic heterocycles. The zero-order chi connectivity index (χ0) is 20.4. The number of aryl methyl sites for hydroxylation is 2. The summed E-state index contributed by atoms with van der Waals surface area (Å²) in [6, 6.07) is 8.88. The van der Waals surface area contributed by atoms with Gasteiger partial charge in [0, 0.05) is 19.3 Å². The lowest BCUT2D eigenvalue weighted by atomic mass is 9.92. The van der Waals surface area contributed by atoms with Crippen molar-refractivity contribution in [1.29, 1.82) is 0 Å². The minimum Gasteiger partial charge on any atom is -0.423 e. The van der Waals surface area contributed by atoms with Gasteiger partial charge in [-0.2, -0.15) is 4.31 Å². The number of fused-ring (bicyclic) bond motifs is 1. The molecular formula is C21H23BrN2O4S. The number of sulfonamides is 1. The topological polar surface area (TPSA) is 76.6 Å². The molecule has 1 aliphatic carbocycles. The summed E-state index contributed by atoms with van der Waals surface area (Å²) >= 11 is 3.26.